The molecule has 7 nitrogen and oxygen atoms in total. The third kappa shape index (κ3) is 8.01. The zero-order valence-electron chi connectivity index (χ0n) is 20.3. The van der Waals surface area contributed by atoms with E-state index in [1.54, 1.807) is 0 Å². The Kier molecular flexibility index (Phi) is 8.79. The lowest BCUT2D eigenvalue weighted by Gasteiger charge is -2.35. The summed E-state index contributed by atoms with van der Waals surface area (Å²) >= 11 is 0. The van der Waals surface area contributed by atoms with Crippen LogP contribution in [0, 0.1) is 5.92 Å². The molecule has 2 saturated heterocycles. The van der Waals surface area contributed by atoms with Crippen LogP contribution in [0.4, 0.5) is 4.79 Å². The molecule has 1 atom stereocenters. The van der Waals surface area contributed by atoms with Crippen molar-refractivity contribution in [3.05, 3.63) is 35.9 Å². The van der Waals surface area contributed by atoms with E-state index in [0.29, 0.717) is 12.0 Å². The fourth-order valence-corrected chi connectivity index (χ4v) is 4.43. The highest BCUT2D eigenvalue weighted by atomic mass is 16.6. The highest BCUT2D eigenvalue weighted by Gasteiger charge is 2.28. The van der Waals surface area contributed by atoms with Crippen LogP contribution in [0.25, 0.3) is 0 Å². The molecule has 0 saturated carbocycles. The molecule has 0 radical (unpaired) electrons. The zero-order valence-corrected chi connectivity index (χ0v) is 20.3. The van der Waals surface area contributed by atoms with Crippen LogP contribution in [0.15, 0.2) is 35.3 Å². The number of carbonyl (C=O) groups is 1. The third-order valence-electron chi connectivity index (χ3n) is 6.13. The highest BCUT2D eigenvalue weighted by Crippen LogP contribution is 2.19. The number of hydrogen-bond donors (Lipinski definition) is 2. The quantitative estimate of drug-likeness (QED) is 0.539. The van der Waals surface area contributed by atoms with E-state index in [0.717, 1.165) is 70.9 Å². The zero-order chi connectivity index (χ0) is 23.0. The number of likely N-dealkylation sites (tertiary alicyclic amines) is 2. The number of piperidine rings is 2. The summed E-state index contributed by atoms with van der Waals surface area (Å²) in [4.78, 5) is 21.2. The van der Waals surface area contributed by atoms with Gasteiger partial charge in [0.25, 0.3) is 0 Å². The molecule has 2 heterocycles. The summed E-state index contributed by atoms with van der Waals surface area (Å²) in [5.74, 6) is 1.27. The molecular formula is C25H41N5O2. The molecule has 3 rings (SSSR count). The maximum Gasteiger partial charge on any atom is 0.410 e. The summed E-state index contributed by atoms with van der Waals surface area (Å²) < 4.78 is 5.55. The molecule has 2 aliphatic heterocycles. The van der Waals surface area contributed by atoms with Crippen molar-refractivity contribution < 1.29 is 9.53 Å². The second-order valence-corrected chi connectivity index (χ2v) is 10.1. The van der Waals surface area contributed by atoms with Crippen molar-refractivity contribution in [1.82, 2.24) is 20.4 Å². The SMILES string of the molecule is CN=C(NCC1CCCN(C(=O)OC(C)(C)C)C1)NC1CCN(Cc2ccccc2)CC1. The van der Waals surface area contributed by atoms with E-state index in [4.69, 9.17) is 4.74 Å². The average Bonchev–Trinajstić information content (AvgIpc) is 2.77. The number of aliphatic imine (C=N–C) groups is 1. The van der Waals surface area contributed by atoms with E-state index in [1.165, 1.54) is 5.56 Å². The summed E-state index contributed by atoms with van der Waals surface area (Å²) in [6, 6.07) is 11.1. The number of hydrogen-bond acceptors (Lipinski definition) is 4. The van der Waals surface area contributed by atoms with Gasteiger partial charge in [-0.2, -0.15) is 0 Å². The molecule has 0 bridgehead atoms. The molecule has 2 N–H and O–H groups in total. The highest BCUT2D eigenvalue weighted by molar-refractivity contribution is 5.80. The summed E-state index contributed by atoms with van der Waals surface area (Å²) in [5, 5.41) is 7.09. The summed E-state index contributed by atoms with van der Waals surface area (Å²) in [6.07, 6.45) is 4.15. The number of benzene rings is 1. The van der Waals surface area contributed by atoms with Crippen LogP contribution >= 0.6 is 0 Å². The molecular weight excluding hydrogens is 402 g/mol. The largest absolute Gasteiger partial charge is 0.444 e. The molecule has 178 valence electrons. The minimum atomic E-state index is -0.453. The Bertz CT molecular complexity index is 738. The predicted octanol–water partition coefficient (Wildman–Crippen LogP) is 3.46. The van der Waals surface area contributed by atoms with E-state index in [2.05, 4.69) is 50.9 Å². The standard InChI is InChI=1S/C25H41N5O2/c1-25(2,3)32-24(31)30-14-8-11-21(19-30)17-27-23(26-4)28-22-12-15-29(16-13-22)18-20-9-6-5-7-10-20/h5-7,9-10,21-22H,8,11-19H2,1-4H3,(H2,26,27,28). The van der Waals surface area contributed by atoms with Crippen LogP contribution in [0.2, 0.25) is 0 Å². The van der Waals surface area contributed by atoms with E-state index in [1.807, 2.05) is 32.7 Å². The fraction of sp³-hybridized carbons (Fsp3) is 0.680. The molecule has 0 aromatic heterocycles. The number of carbonyl (C=O) groups excluding carboxylic acids is 1. The fourth-order valence-electron chi connectivity index (χ4n) is 4.43. The number of amides is 1. The Hall–Kier alpha value is -2.28. The van der Waals surface area contributed by atoms with Gasteiger partial charge in [-0.1, -0.05) is 30.3 Å². The first-order chi connectivity index (χ1) is 15.3. The van der Waals surface area contributed by atoms with Crippen molar-refractivity contribution >= 4 is 12.1 Å². The maximum absolute atomic E-state index is 12.4. The van der Waals surface area contributed by atoms with E-state index >= 15 is 0 Å². The minimum absolute atomic E-state index is 0.202. The first-order valence-electron chi connectivity index (χ1n) is 12.0. The summed E-state index contributed by atoms with van der Waals surface area (Å²) in [5.41, 5.74) is 0.926. The van der Waals surface area contributed by atoms with Gasteiger partial charge in [0, 0.05) is 52.4 Å². The van der Waals surface area contributed by atoms with Crippen molar-refractivity contribution in [2.45, 2.75) is 64.6 Å². The predicted molar refractivity (Wildman–Crippen MR) is 130 cm³/mol. The van der Waals surface area contributed by atoms with Crippen molar-refractivity contribution in [1.29, 1.82) is 0 Å². The van der Waals surface area contributed by atoms with Crippen LogP contribution < -0.4 is 10.6 Å². The van der Waals surface area contributed by atoms with Crippen LogP contribution in [-0.2, 0) is 11.3 Å². The second-order valence-electron chi connectivity index (χ2n) is 10.1. The van der Waals surface area contributed by atoms with Crippen LogP contribution in [0.1, 0.15) is 52.0 Å². The van der Waals surface area contributed by atoms with E-state index in [9.17, 15) is 4.79 Å². The Labute approximate surface area is 193 Å². The topological polar surface area (TPSA) is 69.2 Å². The van der Waals surface area contributed by atoms with Gasteiger partial charge in [-0.05, 0) is 57.9 Å². The van der Waals surface area contributed by atoms with Gasteiger partial charge in [-0.25, -0.2) is 4.79 Å². The van der Waals surface area contributed by atoms with Crippen LogP contribution in [0.3, 0.4) is 0 Å². The molecule has 2 aliphatic rings. The lowest BCUT2D eigenvalue weighted by molar-refractivity contribution is 0.0168. The molecule has 1 amide bonds. The molecule has 0 aliphatic carbocycles. The number of rotatable bonds is 5. The molecule has 32 heavy (non-hydrogen) atoms. The van der Waals surface area contributed by atoms with Gasteiger partial charge in [0.05, 0.1) is 0 Å². The molecule has 1 unspecified atom stereocenters. The smallest absolute Gasteiger partial charge is 0.410 e. The first kappa shape index (κ1) is 24.4. The molecule has 7 heteroatoms. The minimum Gasteiger partial charge on any atom is -0.444 e. The average molecular weight is 444 g/mol. The Morgan fingerprint density at radius 3 is 2.50 bits per heavy atom. The Morgan fingerprint density at radius 1 is 1.12 bits per heavy atom. The Morgan fingerprint density at radius 2 is 1.84 bits per heavy atom. The normalized spacial score (nSPS) is 21.3. The molecule has 1 aromatic rings. The third-order valence-corrected chi connectivity index (χ3v) is 6.13. The maximum atomic E-state index is 12.4. The Balaban J connectivity index is 1.38. The van der Waals surface area contributed by atoms with Crippen molar-refractivity contribution in [3.63, 3.8) is 0 Å². The van der Waals surface area contributed by atoms with Gasteiger partial charge >= 0.3 is 6.09 Å². The number of nitrogens with zero attached hydrogens (tertiary/aromatic N) is 3. The summed E-state index contributed by atoms with van der Waals surface area (Å²) in [7, 11) is 1.83. The van der Waals surface area contributed by atoms with Crippen LogP contribution in [-0.4, -0.2) is 73.3 Å². The van der Waals surface area contributed by atoms with Crippen molar-refractivity contribution in [2.75, 3.05) is 39.8 Å². The number of ether oxygens (including phenoxy) is 1. The number of nitrogens with one attached hydrogen (secondary N) is 2. The number of guanidine groups is 1. The lowest BCUT2D eigenvalue weighted by Crippen LogP contribution is -2.50. The van der Waals surface area contributed by atoms with Crippen molar-refractivity contribution in [2.24, 2.45) is 10.9 Å². The molecule has 1 aromatic carbocycles. The summed E-state index contributed by atoms with van der Waals surface area (Å²) in [6.45, 7) is 11.3. The van der Waals surface area contributed by atoms with Gasteiger partial charge in [0.15, 0.2) is 5.96 Å². The van der Waals surface area contributed by atoms with Gasteiger partial charge in [-0.3, -0.25) is 9.89 Å². The van der Waals surface area contributed by atoms with E-state index < -0.39 is 5.60 Å². The van der Waals surface area contributed by atoms with Gasteiger partial charge in [0.1, 0.15) is 5.60 Å². The second kappa shape index (κ2) is 11.5. The van der Waals surface area contributed by atoms with Gasteiger partial charge < -0.3 is 20.3 Å². The monoisotopic (exact) mass is 443 g/mol. The molecule has 0 spiro atoms. The molecule has 2 fully saturated rings. The van der Waals surface area contributed by atoms with Crippen molar-refractivity contribution in [3.8, 4) is 0 Å². The first-order valence-corrected chi connectivity index (χ1v) is 12.0. The van der Waals surface area contributed by atoms with Gasteiger partial charge in [0.2, 0.25) is 0 Å². The lowest BCUT2D eigenvalue weighted by atomic mass is 9.98. The van der Waals surface area contributed by atoms with Gasteiger partial charge in [-0.15, -0.1) is 0 Å². The van der Waals surface area contributed by atoms with Crippen LogP contribution in [0.5, 0.6) is 0 Å². The van der Waals surface area contributed by atoms with E-state index in [-0.39, 0.29) is 6.09 Å².